The zero-order valence-electron chi connectivity index (χ0n) is 13.1. The molecule has 0 aliphatic carbocycles. The standard InChI is InChI=1S/C17H12ClF3N2O3/c18-12-5-6-15(26-10-17(19,20)21)13(7-12)23-16(24)9-25-14-4-2-1-3-11(14)8-22/h1-7H,9-10H2,(H,23,24). The number of ether oxygens (including phenoxy) is 2. The molecule has 0 aromatic heterocycles. The molecule has 0 radical (unpaired) electrons. The van der Waals surface area contributed by atoms with E-state index in [9.17, 15) is 18.0 Å². The number of rotatable bonds is 6. The topological polar surface area (TPSA) is 71.3 Å². The van der Waals surface area contributed by atoms with E-state index in [-0.39, 0.29) is 27.8 Å². The fourth-order valence-electron chi connectivity index (χ4n) is 1.90. The van der Waals surface area contributed by atoms with Crippen molar-refractivity contribution < 1.29 is 27.4 Å². The summed E-state index contributed by atoms with van der Waals surface area (Å²) in [5.41, 5.74) is 0.223. The summed E-state index contributed by atoms with van der Waals surface area (Å²) >= 11 is 5.81. The number of nitrogens with one attached hydrogen (secondary N) is 1. The minimum absolute atomic E-state index is 0.0241. The number of alkyl halides is 3. The molecular formula is C17H12ClF3N2O3. The largest absolute Gasteiger partial charge is 0.482 e. The average Bonchev–Trinajstić information content (AvgIpc) is 2.58. The Hall–Kier alpha value is -2.92. The Balaban J connectivity index is 2.04. The first-order valence-corrected chi connectivity index (χ1v) is 7.57. The van der Waals surface area contributed by atoms with Gasteiger partial charge in [-0.05, 0) is 30.3 Å². The van der Waals surface area contributed by atoms with Crippen molar-refractivity contribution in [3.05, 3.63) is 53.1 Å². The summed E-state index contributed by atoms with van der Waals surface area (Å²) in [4.78, 5) is 12.0. The zero-order chi connectivity index (χ0) is 19.2. The van der Waals surface area contributed by atoms with Gasteiger partial charge in [0.05, 0.1) is 11.3 Å². The van der Waals surface area contributed by atoms with Crippen LogP contribution in [-0.2, 0) is 4.79 Å². The Morgan fingerprint density at radius 2 is 1.88 bits per heavy atom. The molecule has 0 bridgehead atoms. The lowest BCUT2D eigenvalue weighted by atomic mass is 10.2. The van der Waals surface area contributed by atoms with Crippen LogP contribution in [0, 0.1) is 11.3 Å². The van der Waals surface area contributed by atoms with Gasteiger partial charge in [0.25, 0.3) is 5.91 Å². The molecule has 2 rings (SSSR count). The van der Waals surface area contributed by atoms with Gasteiger partial charge in [0.15, 0.2) is 13.2 Å². The lowest BCUT2D eigenvalue weighted by molar-refractivity contribution is -0.153. The highest BCUT2D eigenvalue weighted by Crippen LogP contribution is 2.29. The number of halogens is 4. The van der Waals surface area contributed by atoms with Gasteiger partial charge in [-0.25, -0.2) is 0 Å². The summed E-state index contributed by atoms with van der Waals surface area (Å²) in [6, 6.07) is 12.0. The lowest BCUT2D eigenvalue weighted by Crippen LogP contribution is -2.22. The van der Waals surface area contributed by atoms with Gasteiger partial charge in [-0.3, -0.25) is 4.79 Å². The maximum Gasteiger partial charge on any atom is 0.422 e. The first-order chi connectivity index (χ1) is 12.3. The predicted molar refractivity (Wildman–Crippen MR) is 88.3 cm³/mol. The molecule has 0 spiro atoms. The summed E-state index contributed by atoms with van der Waals surface area (Å²) in [7, 11) is 0. The Morgan fingerprint density at radius 1 is 1.15 bits per heavy atom. The van der Waals surface area contributed by atoms with E-state index in [0.717, 1.165) is 0 Å². The van der Waals surface area contributed by atoms with Crippen LogP contribution in [0.2, 0.25) is 5.02 Å². The van der Waals surface area contributed by atoms with Crippen LogP contribution >= 0.6 is 11.6 Å². The highest BCUT2D eigenvalue weighted by atomic mass is 35.5. The van der Waals surface area contributed by atoms with Gasteiger partial charge >= 0.3 is 6.18 Å². The number of nitriles is 1. The number of carbonyl (C=O) groups is 1. The van der Waals surface area contributed by atoms with Crippen molar-refractivity contribution >= 4 is 23.2 Å². The molecule has 1 N–H and O–H groups in total. The smallest absolute Gasteiger partial charge is 0.422 e. The normalized spacial score (nSPS) is 10.7. The number of hydrogen-bond acceptors (Lipinski definition) is 4. The van der Waals surface area contributed by atoms with Crippen molar-refractivity contribution in [2.24, 2.45) is 0 Å². The third-order valence-electron chi connectivity index (χ3n) is 2.97. The molecular weight excluding hydrogens is 373 g/mol. The molecule has 26 heavy (non-hydrogen) atoms. The fraction of sp³-hybridized carbons (Fsp3) is 0.176. The number of para-hydroxylation sites is 1. The molecule has 2 aromatic rings. The second kappa shape index (κ2) is 8.45. The molecule has 9 heteroatoms. The highest BCUT2D eigenvalue weighted by molar-refractivity contribution is 6.31. The minimum atomic E-state index is -4.52. The maximum absolute atomic E-state index is 12.3. The molecule has 5 nitrogen and oxygen atoms in total. The number of amides is 1. The summed E-state index contributed by atoms with van der Waals surface area (Å²) in [6.07, 6.45) is -4.52. The molecule has 2 aromatic carbocycles. The first-order valence-electron chi connectivity index (χ1n) is 7.19. The van der Waals surface area contributed by atoms with E-state index in [1.54, 1.807) is 12.1 Å². The van der Waals surface area contributed by atoms with Crippen LogP contribution in [0.1, 0.15) is 5.56 Å². The zero-order valence-corrected chi connectivity index (χ0v) is 13.9. The van der Waals surface area contributed by atoms with Crippen molar-refractivity contribution in [2.75, 3.05) is 18.5 Å². The Labute approximate surface area is 151 Å². The van der Waals surface area contributed by atoms with Gasteiger partial charge in [-0.1, -0.05) is 23.7 Å². The van der Waals surface area contributed by atoms with Crippen LogP contribution < -0.4 is 14.8 Å². The molecule has 0 saturated carbocycles. The SMILES string of the molecule is N#Cc1ccccc1OCC(=O)Nc1cc(Cl)ccc1OCC(F)(F)F. The summed E-state index contributed by atoms with van der Waals surface area (Å²) < 4.78 is 46.9. The second-order valence-corrected chi connectivity index (χ2v) is 5.43. The van der Waals surface area contributed by atoms with E-state index >= 15 is 0 Å². The number of anilines is 1. The molecule has 1 amide bonds. The number of hydrogen-bond donors (Lipinski definition) is 1. The van der Waals surface area contributed by atoms with Crippen molar-refractivity contribution in [1.29, 1.82) is 5.26 Å². The van der Waals surface area contributed by atoms with Crippen molar-refractivity contribution in [2.45, 2.75) is 6.18 Å². The summed E-state index contributed by atoms with van der Waals surface area (Å²) in [5, 5.41) is 11.5. The molecule has 0 saturated heterocycles. The number of carbonyl (C=O) groups excluding carboxylic acids is 1. The quantitative estimate of drug-likeness (QED) is 0.811. The molecule has 0 atom stereocenters. The van der Waals surface area contributed by atoms with E-state index in [1.165, 1.54) is 30.3 Å². The van der Waals surface area contributed by atoms with E-state index in [0.29, 0.717) is 0 Å². The van der Waals surface area contributed by atoms with Gasteiger partial charge < -0.3 is 14.8 Å². The summed E-state index contributed by atoms with van der Waals surface area (Å²) in [6.45, 7) is -1.96. The van der Waals surface area contributed by atoms with Gasteiger partial charge in [-0.2, -0.15) is 18.4 Å². The fourth-order valence-corrected chi connectivity index (χ4v) is 2.07. The molecule has 0 fully saturated rings. The number of benzene rings is 2. The van der Waals surface area contributed by atoms with Crippen LogP contribution in [0.15, 0.2) is 42.5 Å². The third kappa shape index (κ3) is 5.86. The predicted octanol–water partition coefficient (Wildman–Crippen LogP) is 4.17. The van der Waals surface area contributed by atoms with Gasteiger partial charge in [0.1, 0.15) is 17.6 Å². The van der Waals surface area contributed by atoms with Crippen LogP contribution in [0.3, 0.4) is 0 Å². The minimum Gasteiger partial charge on any atom is -0.482 e. The lowest BCUT2D eigenvalue weighted by Gasteiger charge is -2.14. The van der Waals surface area contributed by atoms with Crippen molar-refractivity contribution in [1.82, 2.24) is 0 Å². The van der Waals surface area contributed by atoms with E-state index < -0.39 is 25.3 Å². The van der Waals surface area contributed by atoms with Crippen LogP contribution in [0.5, 0.6) is 11.5 Å². The Kier molecular flexibility index (Phi) is 6.31. The molecule has 136 valence electrons. The molecule has 0 unspecified atom stereocenters. The molecule has 0 aliphatic heterocycles. The van der Waals surface area contributed by atoms with E-state index in [1.807, 2.05) is 6.07 Å². The number of nitrogens with zero attached hydrogens (tertiary/aromatic N) is 1. The average molecular weight is 385 g/mol. The van der Waals surface area contributed by atoms with Crippen molar-refractivity contribution in [3.8, 4) is 17.6 Å². The molecule has 0 heterocycles. The Bertz CT molecular complexity index is 835. The maximum atomic E-state index is 12.3. The third-order valence-corrected chi connectivity index (χ3v) is 3.21. The van der Waals surface area contributed by atoms with Crippen LogP contribution in [-0.4, -0.2) is 25.3 Å². The van der Waals surface area contributed by atoms with Crippen molar-refractivity contribution in [3.63, 3.8) is 0 Å². The van der Waals surface area contributed by atoms with Gasteiger partial charge in [-0.15, -0.1) is 0 Å². The van der Waals surface area contributed by atoms with Gasteiger partial charge in [0.2, 0.25) is 0 Å². The Morgan fingerprint density at radius 3 is 2.58 bits per heavy atom. The van der Waals surface area contributed by atoms with Gasteiger partial charge in [0, 0.05) is 5.02 Å². The summed E-state index contributed by atoms with van der Waals surface area (Å²) in [5.74, 6) is -0.626. The first kappa shape index (κ1) is 19.4. The monoisotopic (exact) mass is 384 g/mol. The second-order valence-electron chi connectivity index (χ2n) is 4.99. The highest BCUT2D eigenvalue weighted by Gasteiger charge is 2.29. The van der Waals surface area contributed by atoms with E-state index in [4.69, 9.17) is 21.6 Å². The van der Waals surface area contributed by atoms with Crippen LogP contribution in [0.25, 0.3) is 0 Å². The van der Waals surface area contributed by atoms with Crippen LogP contribution in [0.4, 0.5) is 18.9 Å². The molecule has 0 aliphatic rings. The van der Waals surface area contributed by atoms with E-state index in [2.05, 4.69) is 10.1 Å².